The highest BCUT2D eigenvalue weighted by Gasteiger charge is 2.28. The lowest BCUT2D eigenvalue weighted by Gasteiger charge is -2.28. The Bertz CT molecular complexity index is 1190. The van der Waals surface area contributed by atoms with Crippen LogP contribution in [0.5, 0.6) is 5.75 Å². The van der Waals surface area contributed by atoms with Crippen LogP contribution in [0.3, 0.4) is 0 Å². The summed E-state index contributed by atoms with van der Waals surface area (Å²) in [6.45, 7) is 4.61. The molecule has 2 aliphatic heterocycles. The second kappa shape index (κ2) is 12.0. The summed E-state index contributed by atoms with van der Waals surface area (Å²) in [5.41, 5.74) is 1.94. The first-order valence-corrected chi connectivity index (χ1v) is 13.1. The molecule has 1 aromatic heterocycles. The molecule has 0 bridgehead atoms. The molecular formula is C26H30FN3O6S. The molecule has 0 unspecified atom stereocenters. The van der Waals surface area contributed by atoms with Crippen LogP contribution >= 0.6 is 11.8 Å². The number of hydrogen-bond acceptors (Lipinski definition) is 8. The molecule has 0 saturated carbocycles. The van der Waals surface area contributed by atoms with E-state index in [0.717, 1.165) is 11.8 Å². The third-order valence-corrected chi connectivity index (χ3v) is 6.89. The van der Waals surface area contributed by atoms with Crippen molar-refractivity contribution in [3.63, 3.8) is 0 Å². The number of thioether (sulfide) groups is 1. The van der Waals surface area contributed by atoms with Crippen LogP contribution in [0.15, 0.2) is 24.3 Å². The molecule has 0 spiro atoms. The van der Waals surface area contributed by atoms with Crippen molar-refractivity contribution >= 4 is 28.7 Å². The Kier molecular flexibility index (Phi) is 8.78. The van der Waals surface area contributed by atoms with E-state index in [1.54, 1.807) is 12.1 Å². The van der Waals surface area contributed by atoms with Crippen LogP contribution in [0.2, 0.25) is 0 Å². The second-order valence-corrected chi connectivity index (χ2v) is 10.9. The quantitative estimate of drug-likeness (QED) is 0.472. The van der Waals surface area contributed by atoms with E-state index in [1.165, 1.54) is 12.1 Å². The first-order chi connectivity index (χ1) is 17.7. The highest BCUT2D eigenvalue weighted by Crippen LogP contribution is 2.31. The number of hydrogen-bond donors (Lipinski definition) is 3. The van der Waals surface area contributed by atoms with Crippen molar-refractivity contribution < 1.29 is 33.4 Å². The van der Waals surface area contributed by atoms with Crippen molar-refractivity contribution in [2.75, 3.05) is 26.4 Å². The Balaban J connectivity index is 1.47. The van der Waals surface area contributed by atoms with Gasteiger partial charge in [-0.15, -0.1) is 0 Å². The van der Waals surface area contributed by atoms with Gasteiger partial charge in [-0.3, -0.25) is 14.4 Å². The number of nitrogens with zero attached hydrogens (tertiary/aromatic N) is 1. The number of benzene rings is 1. The zero-order chi connectivity index (χ0) is 26.5. The van der Waals surface area contributed by atoms with Gasteiger partial charge in [-0.1, -0.05) is 31.7 Å². The largest absolute Gasteiger partial charge is 0.491 e. The van der Waals surface area contributed by atoms with Crippen LogP contribution in [-0.2, 0) is 22.4 Å². The number of aromatic nitrogens is 1. The average Bonchev–Trinajstić information content (AvgIpc) is 3.33. The molecule has 9 nitrogen and oxygen atoms in total. The zero-order valence-corrected chi connectivity index (χ0v) is 21.5. The molecular weight excluding hydrogens is 501 g/mol. The van der Waals surface area contributed by atoms with Gasteiger partial charge in [-0.05, 0) is 30.2 Å². The molecule has 198 valence electrons. The van der Waals surface area contributed by atoms with E-state index in [1.807, 2.05) is 13.8 Å². The SMILES string of the molecule is CC(C)SC(=O)CNC(=O)c1ccc(Cc2cc(C(=O)N[C@H]3CCOC[C@@H]3O)nc3c2OCC3)cc1F. The number of halogens is 1. The van der Waals surface area contributed by atoms with E-state index < -0.39 is 29.8 Å². The first-order valence-electron chi connectivity index (χ1n) is 12.2. The van der Waals surface area contributed by atoms with E-state index in [9.17, 15) is 23.9 Å². The standard InChI is InChI=1S/C26H30FN3O6S/c1-14(2)37-23(32)12-28-25(33)17-4-3-15(10-18(17)27)9-16-11-21(29-20-6-8-36-24(16)20)26(34)30-19-5-7-35-13-22(19)31/h3-4,10-11,14,19,22,31H,5-9,12-13H2,1-2H3,(H,28,33)(H,30,34)/t19-,22-/m0/s1. The lowest BCUT2D eigenvalue weighted by molar-refractivity contribution is -0.110. The van der Waals surface area contributed by atoms with E-state index in [2.05, 4.69) is 15.6 Å². The van der Waals surface area contributed by atoms with Crippen molar-refractivity contribution in [2.45, 2.75) is 50.5 Å². The van der Waals surface area contributed by atoms with Crippen molar-refractivity contribution in [1.82, 2.24) is 15.6 Å². The molecule has 1 aromatic carbocycles. The fourth-order valence-corrected chi connectivity index (χ4v) is 4.93. The van der Waals surface area contributed by atoms with Crippen LogP contribution in [0.4, 0.5) is 4.39 Å². The van der Waals surface area contributed by atoms with Gasteiger partial charge in [0.1, 0.15) is 17.3 Å². The Labute approximate surface area is 218 Å². The number of nitrogens with one attached hydrogen (secondary N) is 2. The molecule has 1 saturated heterocycles. The smallest absolute Gasteiger partial charge is 0.270 e. The van der Waals surface area contributed by atoms with Gasteiger partial charge < -0.3 is 25.2 Å². The van der Waals surface area contributed by atoms with E-state index in [0.29, 0.717) is 48.6 Å². The molecule has 4 rings (SSSR count). The predicted octanol–water partition coefficient (Wildman–Crippen LogP) is 2.02. The van der Waals surface area contributed by atoms with Crippen molar-refractivity contribution in [3.8, 4) is 5.75 Å². The Hall–Kier alpha value is -3.02. The number of aliphatic hydroxyl groups excluding tert-OH is 1. The second-order valence-electron chi connectivity index (χ2n) is 9.26. The lowest BCUT2D eigenvalue weighted by atomic mass is 10.0. The topological polar surface area (TPSA) is 127 Å². The minimum atomic E-state index is -0.791. The summed E-state index contributed by atoms with van der Waals surface area (Å²) in [5, 5.41) is 15.3. The molecule has 2 atom stereocenters. The maximum Gasteiger partial charge on any atom is 0.270 e. The first kappa shape index (κ1) is 27.0. The molecule has 0 aliphatic carbocycles. The number of amides is 2. The minimum Gasteiger partial charge on any atom is -0.491 e. The van der Waals surface area contributed by atoms with Gasteiger partial charge in [0.2, 0.25) is 5.12 Å². The van der Waals surface area contributed by atoms with E-state index >= 15 is 0 Å². The monoisotopic (exact) mass is 531 g/mol. The summed E-state index contributed by atoms with van der Waals surface area (Å²) in [6.07, 6.45) is 0.510. The van der Waals surface area contributed by atoms with Gasteiger partial charge in [0, 0.05) is 30.3 Å². The van der Waals surface area contributed by atoms with Gasteiger partial charge in [-0.25, -0.2) is 9.37 Å². The average molecular weight is 532 g/mol. The van der Waals surface area contributed by atoms with Gasteiger partial charge in [0.05, 0.1) is 43.2 Å². The summed E-state index contributed by atoms with van der Waals surface area (Å²) in [5.74, 6) is -1.21. The predicted molar refractivity (Wildman–Crippen MR) is 135 cm³/mol. The summed E-state index contributed by atoms with van der Waals surface area (Å²) in [4.78, 5) is 41.5. The summed E-state index contributed by atoms with van der Waals surface area (Å²) < 4.78 is 25.8. The van der Waals surface area contributed by atoms with Crippen LogP contribution < -0.4 is 15.4 Å². The summed E-state index contributed by atoms with van der Waals surface area (Å²) >= 11 is 1.11. The van der Waals surface area contributed by atoms with E-state index in [-0.39, 0.29) is 41.2 Å². The fraction of sp³-hybridized carbons (Fsp3) is 0.462. The van der Waals surface area contributed by atoms with Crippen molar-refractivity contribution in [3.05, 3.63) is 58.2 Å². The van der Waals surface area contributed by atoms with Gasteiger partial charge in [0.15, 0.2) is 0 Å². The van der Waals surface area contributed by atoms with Gasteiger partial charge in [-0.2, -0.15) is 0 Å². The molecule has 11 heteroatoms. The van der Waals surface area contributed by atoms with Crippen molar-refractivity contribution in [2.24, 2.45) is 0 Å². The highest BCUT2D eigenvalue weighted by molar-refractivity contribution is 8.14. The maximum absolute atomic E-state index is 14.8. The fourth-order valence-electron chi connectivity index (χ4n) is 4.25. The van der Waals surface area contributed by atoms with Crippen LogP contribution in [0.25, 0.3) is 0 Å². The third kappa shape index (κ3) is 6.85. The third-order valence-electron chi connectivity index (χ3n) is 6.01. The molecule has 2 aliphatic rings. The number of pyridine rings is 1. The number of rotatable bonds is 8. The highest BCUT2D eigenvalue weighted by atomic mass is 32.2. The normalized spacial score (nSPS) is 18.7. The van der Waals surface area contributed by atoms with Crippen LogP contribution in [0, 0.1) is 5.82 Å². The Morgan fingerprint density at radius 3 is 2.76 bits per heavy atom. The number of ether oxygens (including phenoxy) is 2. The molecule has 3 heterocycles. The number of carbonyl (C=O) groups excluding carboxylic acids is 3. The van der Waals surface area contributed by atoms with Gasteiger partial charge >= 0.3 is 0 Å². The molecule has 1 fully saturated rings. The molecule has 37 heavy (non-hydrogen) atoms. The Morgan fingerprint density at radius 2 is 2.03 bits per heavy atom. The minimum absolute atomic E-state index is 0.0964. The lowest BCUT2D eigenvalue weighted by Crippen LogP contribution is -2.48. The number of fused-ring (bicyclic) bond motifs is 1. The molecule has 3 N–H and O–H groups in total. The Morgan fingerprint density at radius 1 is 1.22 bits per heavy atom. The van der Waals surface area contributed by atoms with E-state index in [4.69, 9.17) is 9.47 Å². The van der Waals surface area contributed by atoms with Crippen LogP contribution in [0.1, 0.15) is 57.9 Å². The molecule has 2 aromatic rings. The van der Waals surface area contributed by atoms with Gasteiger partial charge in [0.25, 0.3) is 11.8 Å². The number of carbonyl (C=O) groups is 3. The molecule has 0 radical (unpaired) electrons. The number of aliphatic hydroxyl groups is 1. The summed E-state index contributed by atoms with van der Waals surface area (Å²) in [6, 6.07) is 5.45. The van der Waals surface area contributed by atoms with Crippen LogP contribution in [-0.4, -0.2) is 70.8 Å². The molecule has 2 amide bonds. The van der Waals surface area contributed by atoms with Crippen molar-refractivity contribution in [1.29, 1.82) is 0 Å². The zero-order valence-electron chi connectivity index (χ0n) is 20.7. The maximum atomic E-state index is 14.8. The summed E-state index contributed by atoms with van der Waals surface area (Å²) in [7, 11) is 0.